The molecule has 1 amide bonds. The molecule has 1 N–H and O–H groups in total. The van der Waals surface area contributed by atoms with Gasteiger partial charge in [0.2, 0.25) is 5.91 Å². The first kappa shape index (κ1) is 16.7. The van der Waals surface area contributed by atoms with Gasteiger partial charge in [-0.25, -0.2) is 0 Å². The number of amides is 1. The Bertz CT molecular complexity index is 706. The van der Waals surface area contributed by atoms with Crippen LogP contribution in [-0.2, 0) is 16.1 Å². The zero-order chi connectivity index (χ0) is 17.1. The van der Waals surface area contributed by atoms with Crippen LogP contribution in [0.15, 0.2) is 28.0 Å². The topological polar surface area (TPSA) is 82.2 Å². The van der Waals surface area contributed by atoms with Crippen molar-refractivity contribution in [2.75, 3.05) is 18.9 Å². The SMILES string of the molecule is O=C(CSc1nnc(C2CC2)n1Cc1ccco1)NCC1CCCO1. The number of thioether (sulfide) groups is 1. The molecule has 25 heavy (non-hydrogen) atoms. The number of furan rings is 1. The van der Waals surface area contributed by atoms with E-state index in [9.17, 15) is 4.79 Å². The molecule has 0 aromatic carbocycles. The number of aromatic nitrogens is 3. The smallest absolute Gasteiger partial charge is 0.230 e. The molecule has 0 radical (unpaired) electrons. The minimum absolute atomic E-state index is 0.000945. The highest BCUT2D eigenvalue weighted by atomic mass is 32.2. The minimum Gasteiger partial charge on any atom is -0.467 e. The molecule has 1 saturated carbocycles. The summed E-state index contributed by atoms with van der Waals surface area (Å²) in [5.41, 5.74) is 0. The van der Waals surface area contributed by atoms with Crippen molar-refractivity contribution in [2.24, 2.45) is 0 Å². The van der Waals surface area contributed by atoms with E-state index < -0.39 is 0 Å². The maximum absolute atomic E-state index is 12.1. The van der Waals surface area contributed by atoms with Crippen LogP contribution in [0.1, 0.15) is 43.2 Å². The van der Waals surface area contributed by atoms with Crippen LogP contribution in [0.4, 0.5) is 0 Å². The first-order chi connectivity index (χ1) is 12.3. The highest BCUT2D eigenvalue weighted by Gasteiger charge is 2.30. The van der Waals surface area contributed by atoms with E-state index in [1.807, 2.05) is 12.1 Å². The van der Waals surface area contributed by atoms with E-state index in [2.05, 4.69) is 20.1 Å². The summed E-state index contributed by atoms with van der Waals surface area (Å²) in [7, 11) is 0. The quantitative estimate of drug-likeness (QED) is 0.725. The lowest BCUT2D eigenvalue weighted by molar-refractivity contribution is -0.119. The second kappa shape index (κ2) is 7.61. The standard InChI is InChI=1S/C17H22N4O3S/c22-15(18-9-13-3-1-7-23-13)11-25-17-20-19-16(12-5-6-12)21(17)10-14-4-2-8-24-14/h2,4,8,12-13H,1,3,5-7,9-11H2,(H,18,22). The molecule has 1 aliphatic heterocycles. The molecule has 1 unspecified atom stereocenters. The third kappa shape index (κ3) is 4.24. The molecule has 1 atom stereocenters. The maximum atomic E-state index is 12.1. The summed E-state index contributed by atoms with van der Waals surface area (Å²) < 4.78 is 13.1. The lowest BCUT2D eigenvalue weighted by Gasteiger charge is -2.11. The molecule has 7 nitrogen and oxygen atoms in total. The van der Waals surface area contributed by atoms with Gasteiger partial charge in [0.1, 0.15) is 11.6 Å². The number of hydrogen-bond acceptors (Lipinski definition) is 6. The fraction of sp³-hybridized carbons (Fsp3) is 0.588. The predicted octanol–water partition coefficient (Wildman–Crippen LogP) is 2.18. The monoisotopic (exact) mass is 362 g/mol. The van der Waals surface area contributed by atoms with E-state index in [-0.39, 0.29) is 12.0 Å². The fourth-order valence-electron chi connectivity index (χ4n) is 2.97. The van der Waals surface area contributed by atoms with Crippen molar-refractivity contribution in [2.45, 2.75) is 49.4 Å². The second-order valence-corrected chi connectivity index (χ2v) is 7.45. The number of hydrogen-bond donors (Lipinski definition) is 1. The molecule has 1 aliphatic carbocycles. The molecule has 0 spiro atoms. The Morgan fingerprint density at radius 3 is 3.00 bits per heavy atom. The van der Waals surface area contributed by atoms with Crippen molar-refractivity contribution in [3.05, 3.63) is 30.0 Å². The van der Waals surface area contributed by atoms with Crippen LogP contribution in [0.2, 0.25) is 0 Å². The first-order valence-corrected chi connectivity index (χ1v) is 9.75. The highest BCUT2D eigenvalue weighted by Crippen LogP contribution is 2.40. The van der Waals surface area contributed by atoms with Crippen molar-refractivity contribution in [1.29, 1.82) is 0 Å². The van der Waals surface area contributed by atoms with E-state index in [1.165, 1.54) is 11.8 Å². The third-order valence-electron chi connectivity index (χ3n) is 4.47. The molecule has 2 fully saturated rings. The Hall–Kier alpha value is -1.80. The Balaban J connectivity index is 1.35. The van der Waals surface area contributed by atoms with Crippen molar-refractivity contribution >= 4 is 17.7 Å². The van der Waals surface area contributed by atoms with Gasteiger partial charge in [-0.1, -0.05) is 11.8 Å². The summed E-state index contributed by atoms with van der Waals surface area (Å²) in [6.45, 7) is 1.99. The summed E-state index contributed by atoms with van der Waals surface area (Å²) in [6, 6.07) is 3.82. The largest absolute Gasteiger partial charge is 0.467 e. The fourth-order valence-corrected chi connectivity index (χ4v) is 3.75. The van der Waals surface area contributed by atoms with Crippen LogP contribution >= 0.6 is 11.8 Å². The molecule has 134 valence electrons. The summed E-state index contributed by atoms with van der Waals surface area (Å²) in [5, 5.41) is 12.4. The summed E-state index contributed by atoms with van der Waals surface area (Å²) in [5.74, 6) is 2.68. The molecule has 2 aromatic rings. The van der Waals surface area contributed by atoms with E-state index in [0.717, 1.165) is 49.0 Å². The average molecular weight is 362 g/mol. The average Bonchev–Trinajstić information content (AvgIpc) is 3.05. The molecule has 2 aliphatic rings. The van der Waals surface area contributed by atoms with Gasteiger partial charge in [0.25, 0.3) is 0 Å². The van der Waals surface area contributed by atoms with Crippen LogP contribution in [0, 0.1) is 0 Å². The van der Waals surface area contributed by atoms with Crippen molar-refractivity contribution in [3.8, 4) is 0 Å². The Morgan fingerprint density at radius 2 is 2.28 bits per heavy atom. The lowest BCUT2D eigenvalue weighted by Crippen LogP contribution is -2.32. The molecular formula is C17H22N4O3S. The molecule has 4 rings (SSSR count). The van der Waals surface area contributed by atoms with Gasteiger partial charge in [-0.3, -0.25) is 9.36 Å². The van der Waals surface area contributed by atoms with Crippen molar-refractivity contribution < 1.29 is 13.9 Å². The molecule has 0 bridgehead atoms. The number of nitrogens with zero attached hydrogens (tertiary/aromatic N) is 3. The summed E-state index contributed by atoms with van der Waals surface area (Å²) >= 11 is 1.42. The Labute approximate surface area is 150 Å². The maximum Gasteiger partial charge on any atom is 0.230 e. The number of carbonyl (C=O) groups is 1. The van der Waals surface area contributed by atoms with Crippen molar-refractivity contribution in [3.63, 3.8) is 0 Å². The van der Waals surface area contributed by atoms with Gasteiger partial charge in [-0.15, -0.1) is 10.2 Å². The minimum atomic E-state index is 0.000945. The van der Waals surface area contributed by atoms with E-state index in [1.54, 1.807) is 6.26 Å². The van der Waals surface area contributed by atoms with Crippen LogP contribution in [0.3, 0.4) is 0 Å². The Kier molecular flexibility index (Phi) is 5.07. The number of carbonyl (C=O) groups excluding carboxylic acids is 1. The van der Waals surface area contributed by atoms with Crippen LogP contribution in [0.25, 0.3) is 0 Å². The third-order valence-corrected chi connectivity index (χ3v) is 5.43. The van der Waals surface area contributed by atoms with Gasteiger partial charge in [-0.2, -0.15) is 0 Å². The van der Waals surface area contributed by atoms with E-state index in [0.29, 0.717) is 24.8 Å². The van der Waals surface area contributed by atoms with Gasteiger partial charge < -0.3 is 14.5 Å². The second-order valence-electron chi connectivity index (χ2n) is 6.51. The molecular weight excluding hydrogens is 340 g/mol. The summed E-state index contributed by atoms with van der Waals surface area (Å²) in [6.07, 6.45) is 6.25. The first-order valence-electron chi connectivity index (χ1n) is 8.76. The zero-order valence-electron chi connectivity index (χ0n) is 14.0. The van der Waals surface area contributed by atoms with Gasteiger partial charge in [0.05, 0.1) is 24.7 Å². The van der Waals surface area contributed by atoms with Gasteiger partial charge >= 0.3 is 0 Å². The highest BCUT2D eigenvalue weighted by molar-refractivity contribution is 7.99. The molecule has 3 heterocycles. The van der Waals surface area contributed by atoms with Gasteiger partial charge in [-0.05, 0) is 37.8 Å². The van der Waals surface area contributed by atoms with Crippen LogP contribution < -0.4 is 5.32 Å². The number of rotatable bonds is 8. The van der Waals surface area contributed by atoms with Gasteiger partial charge in [0.15, 0.2) is 5.16 Å². The zero-order valence-corrected chi connectivity index (χ0v) is 14.8. The lowest BCUT2D eigenvalue weighted by atomic mass is 10.2. The number of nitrogens with one attached hydrogen (secondary N) is 1. The normalized spacial score (nSPS) is 20.1. The Morgan fingerprint density at radius 1 is 1.36 bits per heavy atom. The van der Waals surface area contributed by atoms with Crippen LogP contribution in [0.5, 0.6) is 0 Å². The molecule has 1 saturated heterocycles. The van der Waals surface area contributed by atoms with E-state index >= 15 is 0 Å². The predicted molar refractivity (Wildman–Crippen MR) is 92.5 cm³/mol. The van der Waals surface area contributed by atoms with Crippen molar-refractivity contribution in [1.82, 2.24) is 20.1 Å². The summed E-state index contributed by atoms with van der Waals surface area (Å²) in [4.78, 5) is 12.1. The van der Waals surface area contributed by atoms with Crippen LogP contribution in [-0.4, -0.2) is 45.7 Å². The molecule has 2 aromatic heterocycles. The number of ether oxygens (including phenoxy) is 1. The van der Waals surface area contributed by atoms with Gasteiger partial charge in [0, 0.05) is 19.1 Å². The molecule has 8 heteroatoms. The van der Waals surface area contributed by atoms with E-state index in [4.69, 9.17) is 9.15 Å².